The van der Waals surface area contributed by atoms with Crippen LogP contribution in [0.1, 0.15) is 20.9 Å². The predicted molar refractivity (Wildman–Crippen MR) is 71.5 cm³/mol. The Morgan fingerprint density at radius 2 is 1.74 bits per heavy atom. The number of nitrogens with one attached hydrogen (secondary N) is 2. The highest BCUT2D eigenvalue weighted by molar-refractivity contribution is 6.29. The van der Waals surface area contributed by atoms with E-state index in [1.54, 1.807) is 31.3 Å². The summed E-state index contributed by atoms with van der Waals surface area (Å²) >= 11 is 5.59. The van der Waals surface area contributed by atoms with Crippen LogP contribution < -0.4 is 10.6 Å². The molecule has 0 aliphatic carbocycles. The van der Waals surface area contributed by atoms with Crippen molar-refractivity contribution in [2.45, 2.75) is 0 Å². The summed E-state index contributed by atoms with van der Waals surface area (Å²) in [7, 11) is 1.55. The van der Waals surface area contributed by atoms with E-state index in [2.05, 4.69) is 10.6 Å². The van der Waals surface area contributed by atoms with Gasteiger partial charge in [0.15, 0.2) is 11.0 Å². The summed E-state index contributed by atoms with van der Waals surface area (Å²) in [6.07, 6.45) is 0. The largest absolute Gasteiger partial charge is 0.440 e. The second kappa shape index (κ2) is 5.58. The first-order chi connectivity index (χ1) is 9.10. The number of benzene rings is 1. The molecule has 6 heteroatoms. The monoisotopic (exact) mass is 278 g/mol. The van der Waals surface area contributed by atoms with Crippen molar-refractivity contribution >= 4 is 29.1 Å². The average Bonchev–Trinajstić information content (AvgIpc) is 2.85. The smallest absolute Gasteiger partial charge is 0.291 e. The molecule has 19 heavy (non-hydrogen) atoms. The molecular weight excluding hydrogens is 268 g/mol. The SMILES string of the molecule is CNC(=O)c1ccc(NC(=O)c2ccc(Cl)o2)cc1. The molecule has 2 amide bonds. The van der Waals surface area contributed by atoms with Crippen molar-refractivity contribution in [3.8, 4) is 0 Å². The summed E-state index contributed by atoms with van der Waals surface area (Å²) in [4.78, 5) is 23.1. The topological polar surface area (TPSA) is 71.3 Å². The number of furan rings is 1. The molecule has 0 bridgehead atoms. The van der Waals surface area contributed by atoms with Gasteiger partial charge in [-0.3, -0.25) is 9.59 Å². The fourth-order valence-electron chi connectivity index (χ4n) is 1.48. The molecule has 0 unspecified atom stereocenters. The van der Waals surface area contributed by atoms with Gasteiger partial charge in [-0.05, 0) is 48.0 Å². The highest BCUT2D eigenvalue weighted by Crippen LogP contribution is 2.15. The Morgan fingerprint density at radius 1 is 1.05 bits per heavy atom. The number of hydrogen-bond donors (Lipinski definition) is 2. The predicted octanol–water partition coefficient (Wildman–Crippen LogP) is 2.54. The van der Waals surface area contributed by atoms with Gasteiger partial charge in [0.05, 0.1) is 0 Å². The van der Waals surface area contributed by atoms with Gasteiger partial charge in [-0.1, -0.05) is 0 Å². The molecule has 5 nitrogen and oxygen atoms in total. The minimum Gasteiger partial charge on any atom is -0.440 e. The summed E-state index contributed by atoms with van der Waals surface area (Å²) in [6, 6.07) is 9.47. The van der Waals surface area contributed by atoms with Crippen LogP contribution in [-0.2, 0) is 0 Å². The van der Waals surface area contributed by atoms with Crippen LogP contribution in [0.5, 0.6) is 0 Å². The van der Waals surface area contributed by atoms with Gasteiger partial charge in [0.2, 0.25) is 0 Å². The molecule has 0 saturated carbocycles. The van der Waals surface area contributed by atoms with E-state index >= 15 is 0 Å². The zero-order chi connectivity index (χ0) is 13.8. The van der Waals surface area contributed by atoms with Crippen molar-refractivity contribution in [2.24, 2.45) is 0 Å². The number of amides is 2. The highest BCUT2D eigenvalue weighted by Gasteiger charge is 2.11. The quantitative estimate of drug-likeness (QED) is 0.906. The lowest BCUT2D eigenvalue weighted by Crippen LogP contribution is -2.17. The summed E-state index contributed by atoms with van der Waals surface area (Å²) in [5.41, 5.74) is 1.08. The van der Waals surface area contributed by atoms with E-state index in [0.717, 1.165) is 0 Å². The molecule has 0 spiro atoms. The third-order valence-corrected chi connectivity index (χ3v) is 2.63. The maximum Gasteiger partial charge on any atom is 0.291 e. The molecule has 2 N–H and O–H groups in total. The Balaban J connectivity index is 2.07. The minimum absolute atomic E-state index is 0.125. The molecule has 0 radical (unpaired) electrons. The van der Waals surface area contributed by atoms with Crippen LogP contribution in [0.15, 0.2) is 40.8 Å². The average molecular weight is 279 g/mol. The summed E-state index contributed by atoms with van der Waals surface area (Å²) in [6.45, 7) is 0. The first kappa shape index (κ1) is 13.2. The normalized spacial score (nSPS) is 10.0. The van der Waals surface area contributed by atoms with Crippen LogP contribution in [0.25, 0.3) is 0 Å². The minimum atomic E-state index is -0.403. The molecule has 2 aromatic rings. The molecular formula is C13H11ClN2O3. The van der Waals surface area contributed by atoms with Gasteiger partial charge in [0.25, 0.3) is 11.8 Å². The van der Waals surface area contributed by atoms with Gasteiger partial charge in [0.1, 0.15) is 0 Å². The Kier molecular flexibility index (Phi) is 3.87. The molecule has 1 heterocycles. The van der Waals surface area contributed by atoms with Gasteiger partial charge in [0, 0.05) is 18.3 Å². The Labute approximate surface area is 114 Å². The number of hydrogen-bond acceptors (Lipinski definition) is 3. The van der Waals surface area contributed by atoms with E-state index < -0.39 is 5.91 Å². The Morgan fingerprint density at radius 3 is 2.26 bits per heavy atom. The van der Waals surface area contributed by atoms with Gasteiger partial charge in [-0.2, -0.15) is 0 Å². The fraction of sp³-hybridized carbons (Fsp3) is 0.0769. The Bertz CT molecular complexity index is 605. The van der Waals surface area contributed by atoms with Crippen LogP contribution in [0, 0.1) is 0 Å². The molecule has 0 atom stereocenters. The molecule has 1 aromatic carbocycles. The first-order valence-electron chi connectivity index (χ1n) is 5.49. The van der Waals surface area contributed by atoms with Crippen LogP contribution in [0.3, 0.4) is 0 Å². The maximum absolute atomic E-state index is 11.8. The number of halogens is 1. The van der Waals surface area contributed by atoms with Crippen LogP contribution in [0.4, 0.5) is 5.69 Å². The number of carbonyl (C=O) groups excluding carboxylic acids is 2. The Hall–Kier alpha value is -2.27. The van der Waals surface area contributed by atoms with E-state index in [-0.39, 0.29) is 16.9 Å². The molecule has 98 valence electrons. The lowest BCUT2D eigenvalue weighted by Gasteiger charge is -2.04. The standard InChI is InChI=1S/C13H11ClN2O3/c1-15-12(17)8-2-4-9(5-3-8)16-13(18)10-6-7-11(14)19-10/h2-7H,1H3,(H,15,17)(H,16,18). The molecule has 0 aliphatic rings. The second-order valence-corrected chi connectivity index (χ2v) is 4.09. The van der Waals surface area contributed by atoms with Crippen molar-refractivity contribution in [1.82, 2.24) is 5.32 Å². The zero-order valence-electron chi connectivity index (χ0n) is 10.1. The maximum atomic E-state index is 11.8. The van der Waals surface area contributed by atoms with Gasteiger partial charge in [-0.15, -0.1) is 0 Å². The number of carbonyl (C=O) groups is 2. The molecule has 0 saturated heterocycles. The van der Waals surface area contributed by atoms with Crippen LogP contribution in [0.2, 0.25) is 5.22 Å². The van der Waals surface area contributed by atoms with Crippen molar-refractivity contribution in [3.63, 3.8) is 0 Å². The zero-order valence-corrected chi connectivity index (χ0v) is 10.8. The lowest BCUT2D eigenvalue weighted by atomic mass is 10.2. The van der Waals surface area contributed by atoms with E-state index in [4.69, 9.17) is 16.0 Å². The third kappa shape index (κ3) is 3.14. The van der Waals surface area contributed by atoms with Gasteiger partial charge in [-0.25, -0.2) is 0 Å². The van der Waals surface area contributed by atoms with E-state index in [9.17, 15) is 9.59 Å². The molecule has 2 rings (SSSR count). The molecule has 1 aromatic heterocycles. The number of rotatable bonds is 3. The van der Waals surface area contributed by atoms with Crippen molar-refractivity contribution in [2.75, 3.05) is 12.4 Å². The van der Waals surface area contributed by atoms with E-state index in [1.807, 2.05) is 0 Å². The van der Waals surface area contributed by atoms with E-state index in [1.165, 1.54) is 12.1 Å². The second-order valence-electron chi connectivity index (χ2n) is 3.71. The molecule has 0 fully saturated rings. The fourth-order valence-corrected chi connectivity index (χ4v) is 1.62. The lowest BCUT2D eigenvalue weighted by molar-refractivity contribution is 0.0962. The highest BCUT2D eigenvalue weighted by atomic mass is 35.5. The first-order valence-corrected chi connectivity index (χ1v) is 5.87. The third-order valence-electron chi connectivity index (χ3n) is 2.43. The van der Waals surface area contributed by atoms with Crippen molar-refractivity contribution in [3.05, 3.63) is 52.9 Å². The molecule has 0 aliphatic heterocycles. The van der Waals surface area contributed by atoms with E-state index in [0.29, 0.717) is 11.3 Å². The van der Waals surface area contributed by atoms with Crippen molar-refractivity contribution in [1.29, 1.82) is 0 Å². The number of anilines is 1. The summed E-state index contributed by atoms with van der Waals surface area (Å²) in [5.74, 6) is -0.462. The summed E-state index contributed by atoms with van der Waals surface area (Å²) in [5, 5.41) is 5.30. The van der Waals surface area contributed by atoms with Gasteiger partial charge >= 0.3 is 0 Å². The van der Waals surface area contributed by atoms with Crippen molar-refractivity contribution < 1.29 is 14.0 Å². The summed E-state index contributed by atoms with van der Waals surface area (Å²) < 4.78 is 4.99. The van der Waals surface area contributed by atoms with Crippen LogP contribution >= 0.6 is 11.6 Å². The van der Waals surface area contributed by atoms with Gasteiger partial charge < -0.3 is 15.1 Å². The van der Waals surface area contributed by atoms with Crippen LogP contribution in [-0.4, -0.2) is 18.9 Å².